The van der Waals surface area contributed by atoms with Gasteiger partial charge in [0.2, 0.25) is 16.5 Å². The quantitative estimate of drug-likeness (QED) is 0.901. The molecule has 0 saturated heterocycles. The second kappa shape index (κ2) is 5.95. The van der Waals surface area contributed by atoms with Crippen LogP contribution in [-0.2, 0) is 13.2 Å². The van der Waals surface area contributed by atoms with Crippen LogP contribution in [0, 0.1) is 0 Å². The van der Waals surface area contributed by atoms with Gasteiger partial charge in [-0.25, -0.2) is 0 Å². The Balaban J connectivity index is 2.01. The van der Waals surface area contributed by atoms with Gasteiger partial charge in [-0.05, 0) is 34.3 Å². The number of aliphatic hydroxyl groups excluding tert-OH is 1. The molecule has 94 valence electrons. The van der Waals surface area contributed by atoms with Crippen LogP contribution in [0.4, 0.5) is 5.95 Å². The average Bonchev–Trinajstić information content (AvgIpc) is 2.36. The molecule has 2 aromatic rings. The molecule has 0 amide bonds. The summed E-state index contributed by atoms with van der Waals surface area (Å²) in [6, 6.07) is 7.51. The second-order valence-corrected chi connectivity index (χ2v) is 4.20. The maximum Gasteiger partial charge on any atom is 0.228 e. The molecule has 0 aliphatic carbocycles. The van der Waals surface area contributed by atoms with Gasteiger partial charge in [-0.15, -0.1) is 0 Å². The summed E-state index contributed by atoms with van der Waals surface area (Å²) in [7, 11) is 0. The third-order valence-corrected chi connectivity index (χ3v) is 2.58. The number of nitrogens with one attached hydrogen (secondary N) is 1. The van der Waals surface area contributed by atoms with Crippen LogP contribution in [0.1, 0.15) is 11.1 Å². The maximum atomic E-state index is 8.93. The van der Waals surface area contributed by atoms with E-state index in [0.717, 1.165) is 11.1 Å². The van der Waals surface area contributed by atoms with Crippen LogP contribution in [0.2, 0.25) is 10.6 Å². The zero-order valence-corrected chi connectivity index (χ0v) is 10.8. The summed E-state index contributed by atoms with van der Waals surface area (Å²) in [5, 5.41) is 12.0. The number of aromatic nitrogens is 3. The van der Waals surface area contributed by atoms with Crippen LogP contribution in [-0.4, -0.2) is 20.1 Å². The van der Waals surface area contributed by atoms with E-state index in [1.165, 1.54) is 0 Å². The zero-order valence-electron chi connectivity index (χ0n) is 9.27. The second-order valence-electron chi connectivity index (χ2n) is 3.53. The molecule has 0 bridgehead atoms. The molecule has 7 heteroatoms. The number of rotatable bonds is 4. The summed E-state index contributed by atoms with van der Waals surface area (Å²) >= 11 is 11.3. The Labute approximate surface area is 114 Å². The smallest absolute Gasteiger partial charge is 0.228 e. The maximum absolute atomic E-state index is 8.93. The number of aliphatic hydroxyl groups is 1. The number of halogens is 2. The highest BCUT2D eigenvalue weighted by Gasteiger charge is 2.02. The Kier molecular flexibility index (Phi) is 4.30. The molecule has 0 atom stereocenters. The van der Waals surface area contributed by atoms with Crippen molar-refractivity contribution in [1.82, 2.24) is 15.0 Å². The van der Waals surface area contributed by atoms with Gasteiger partial charge in [0.1, 0.15) is 0 Å². The lowest BCUT2D eigenvalue weighted by atomic mass is 10.1. The van der Waals surface area contributed by atoms with Crippen molar-refractivity contribution in [3.05, 3.63) is 46.0 Å². The van der Waals surface area contributed by atoms with E-state index < -0.39 is 0 Å². The van der Waals surface area contributed by atoms with E-state index in [9.17, 15) is 0 Å². The minimum absolute atomic E-state index is 0.0341. The minimum atomic E-state index is 0.0341. The zero-order chi connectivity index (χ0) is 13.0. The van der Waals surface area contributed by atoms with Gasteiger partial charge in [-0.2, -0.15) is 15.0 Å². The molecule has 5 nitrogen and oxygen atoms in total. The lowest BCUT2D eigenvalue weighted by molar-refractivity contribution is 0.282. The number of hydrogen-bond donors (Lipinski definition) is 2. The van der Waals surface area contributed by atoms with E-state index in [1.807, 2.05) is 24.3 Å². The molecule has 0 spiro atoms. The van der Waals surface area contributed by atoms with Crippen molar-refractivity contribution in [3.8, 4) is 0 Å². The van der Waals surface area contributed by atoms with Crippen molar-refractivity contribution in [2.45, 2.75) is 13.2 Å². The molecule has 1 heterocycles. The summed E-state index contributed by atoms with van der Waals surface area (Å²) < 4.78 is 0. The molecule has 0 unspecified atom stereocenters. The van der Waals surface area contributed by atoms with E-state index in [0.29, 0.717) is 12.5 Å². The highest BCUT2D eigenvalue weighted by molar-refractivity contribution is 6.31. The molecule has 0 radical (unpaired) electrons. The number of hydrogen-bond acceptors (Lipinski definition) is 5. The molecular weight excluding hydrogens is 275 g/mol. The first kappa shape index (κ1) is 13.0. The van der Waals surface area contributed by atoms with Crippen LogP contribution in [0.5, 0.6) is 0 Å². The Hall–Kier alpha value is -1.43. The van der Waals surface area contributed by atoms with Crippen molar-refractivity contribution in [2.24, 2.45) is 0 Å². The highest BCUT2D eigenvalue weighted by atomic mass is 35.5. The molecule has 2 rings (SSSR count). The van der Waals surface area contributed by atoms with Gasteiger partial charge in [-0.1, -0.05) is 24.3 Å². The fourth-order valence-corrected chi connectivity index (χ4v) is 1.71. The van der Waals surface area contributed by atoms with Crippen LogP contribution in [0.3, 0.4) is 0 Å². The lowest BCUT2D eigenvalue weighted by Gasteiger charge is -2.05. The highest BCUT2D eigenvalue weighted by Crippen LogP contribution is 2.11. The van der Waals surface area contributed by atoms with Crippen molar-refractivity contribution < 1.29 is 5.11 Å². The molecule has 1 aromatic carbocycles. The minimum Gasteiger partial charge on any atom is -0.392 e. The van der Waals surface area contributed by atoms with Crippen molar-refractivity contribution >= 4 is 29.2 Å². The number of anilines is 1. The summed E-state index contributed by atoms with van der Waals surface area (Å²) in [5.41, 5.74) is 1.89. The summed E-state index contributed by atoms with van der Waals surface area (Å²) in [4.78, 5) is 11.4. The Bertz CT molecular complexity index is 513. The van der Waals surface area contributed by atoms with E-state index >= 15 is 0 Å². The SMILES string of the molecule is OCc1ccc(CNc2nc(Cl)nc(Cl)n2)cc1. The van der Waals surface area contributed by atoms with E-state index in [2.05, 4.69) is 20.3 Å². The fraction of sp³-hybridized carbons (Fsp3) is 0.182. The third-order valence-electron chi connectivity index (χ3n) is 2.24. The predicted octanol–water partition coefficient (Wildman–Crippen LogP) is 2.28. The number of nitrogens with zero attached hydrogens (tertiary/aromatic N) is 3. The van der Waals surface area contributed by atoms with Crippen molar-refractivity contribution in [3.63, 3.8) is 0 Å². The monoisotopic (exact) mass is 284 g/mol. The lowest BCUT2D eigenvalue weighted by Crippen LogP contribution is -2.05. The first-order chi connectivity index (χ1) is 8.67. The molecule has 1 aromatic heterocycles. The van der Waals surface area contributed by atoms with Gasteiger partial charge in [0, 0.05) is 6.54 Å². The Morgan fingerprint density at radius 2 is 1.50 bits per heavy atom. The molecule has 2 N–H and O–H groups in total. The Morgan fingerprint density at radius 1 is 0.944 bits per heavy atom. The topological polar surface area (TPSA) is 70.9 Å². The van der Waals surface area contributed by atoms with Crippen molar-refractivity contribution in [2.75, 3.05) is 5.32 Å². The molecule has 0 aliphatic heterocycles. The van der Waals surface area contributed by atoms with Crippen LogP contribution in [0.25, 0.3) is 0 Å². The van der Waals surface area contributed by atoms with Crippen LogP contribution in [0.15, 0.2) is 24.3 Å². The largest absolute Gasteiger partial charge is 0.392 e. The molecule has 0 aliphatic rings. The van der Waals surface area contributed by atoms with Gasteiger partial charge >= 0.3 is 0 Å². The normalized spacial score (nSPS) is 10.4. The Morgan fingerprint density at radius 3 is 2.06 bits per heavy atom. The standard InChI is InChI=1S/C11H10Cl2N4O/c12-9-15-10(13)17-11(16-9)14-5-7-1-3-8(6-18)4-2-7/h1-4,18H,5-6H2,(H,14,15,16,17). The van der Waals surface area contributed by atoms with Gasteiger partial charge in [0.25, 0.3) is 0 Å². The van der Waals surface area contributed by atoms with Crippen LogP contribution >= 0.6 is 23.2 Å². The first-order valence-electron chi connectivity index (χ1n) is 5.17. The average molecular weight is 285 g/mol. The molecule has 0 saturated carbocycles. The van der Waals surface area contributed by atoms with E-state index in [-0.39, 0.29) is 17.2 Å². The summed E-state index contributed by atoms with van der Waals surface area (Å²) in [6.07, 6.45) is 0. The first-order valence-corrected chi connectivity index (χ1v) is 5.92. The predicted molar refractivity (Wildman–Crippen MR) is 69.5 cm³/mol. The van der Waals surface area contributed by atoms with Crippen molar-refractivity contribution in [1.29, 1.82) is 0 Å². The van der Waals surface area contributed by atoms with Gasteiger partial charge < -0.3 is 10.4 Å². The molecular formula is C11H10Cl2N4O. The third kappa shape index (κ3) is 3.53. The number of benzene rings is 1. The van der Waals surface area contributed by atoms with Gasteiger partial charge in [0.05, 0.1) is 6.61 Å². The summed E-state index contributed by atoms with van der Waals surface area (Å²) in [5.74, 6) is 0.325. The van der Waals surface area contributed by atoms with E-state index in [1.54, 1.807) is 0 Å². The van der Waals surface area contributed by atoms with Crippen LogP contribution < -0.4 is 5.32 Å². The van der Waals surface area contributed by atoms with Gasteiger partial charge in [0.15, 0.2) is 0 Å². The fourth-order valence-electron chi connectivity index (χ4n) is 1.35. The molecule has 0 fully saturated rings. The van der Waals surface area contributed by atoms with E-state index in [4.69, 9.17) is 28.3 Å². The summed E-state index contributed by atoms with van der Waals surface area (Å²) in [6.45, 7) is 0.564. The van der Waals surface area contributed by atoms with Gasteiger partial charge in [-0.3, -0.25) is 0 Å². The molecule has 18 heavy (non-hydrogen) atoms.